The van der Waals surface area contributed by atoms with Crippen LogP contribution in [0.5, 0.6) is 11.5 Å². The summed E-state index contributed by atoms with van der Waals surface area (Å²) in [7, 11) is -0.570. The van der Waals surface area contributed by atoms with Crippen LogP contribution >= 0.6 is 11.3 Å². The van der Waals surface area contributed by atoms with Crippen LogP contribution in [0.2, 0.25) is 0 Å². The van der Waals surface area contributed by atoms with E-state index in [2.05, 4.69) is 4.98 Å². The molecule has 0 fully saturated rings. The van der Waals surface area contributed by atoms with Gasteiger partial charge in [0.05, 0.1) is 25.9 Å². The summed E-state index contributed by atoms with van der Waals surface area (Å²) in [5.41, 5.74) is 1.75. The van der Waals surface area contributed by atoms with E-state index < -0.39 is 10.2 Å². The number of hydrogen-bond acceptors (Lipinski definition) is 7. The Morgan fingerprint density at radius 3 is 2.53 bits per heavy atom. The minimum Gasteiger partial charge on any atom is -0.497 e. The first-order valence-corrected chi connectivity index (χ1v) is 11.6. The molecule has 0 spiro atoms. The molecule has 1 aliphatic rings. The zero-order valence-electron chi connectivity index (χ0n) is 16.6. The van der Waals surface area contributed by atoms with E-state index in [0.717, 1.165) is 16.0 Å². The molecule has 0 saturated heterocycles. The second kappa shape index (κ2) is 7.99. The van der Waals surface area contributed by atoms with Gasteiger partial charge in [-0.1, -0.05) is 0 Å². The number of thiophene rings is 1. The highest BCUT2D eigenvalue weighted by Gasteiger charge is 2.28. The molecular weight excluding hydrogens is 428 g/mol. The van der Waals surface area contributed by atoms with Crippen LogP contribution in [0.25, 0.3) is 10.2 Å². The first-order chi connectivity index (χ1) is 14.3. The number of nitrogens with two attached hydrogens (primary N) is 1. The second-order valence-electron chi connectivity index (χ2n) is 7.03. The Morgan fingerprint density at radius 1 is 1.20 bits per heavy atom. The van der Waals surface area contributed by atoms with Crippen LogP contribution in [0.4, 0.5) is 0 Å². The highest BCUT2D eigenvalue weighted by molar-refractivity contribution is 7.86. The van der Waals surface area contributed by atoms with Crippen molar-refractivity contribution in [3.05, 3.63) is 50.9 Å². The molecule has 3 heterocycles. The van der Waals surface area contributed by atoms with Gasteiger partial charge in [-0.15, -0.1) is 11.3 Å². The van der Waals surface area contributed by atoms with Gasteiger partial charge in [0.1, 0.15) is 16.3 Å². The molecule has 160 valence electrons. The van der Waals surface area contributed by atoms with Gasteiger partial charge in [0.25, 0.3) is 15.8 Å². The van der Waals surface area contributed by atoms with Gasteiger partial charge in [-0.25, -0.2) is 10.1 Å². The Hall–Kier alpha value is -2.47. The fraction of sp³-hybridized carbons (Fsp3) is 0.368. The zero-order valence-corrected chi connectivity index (χ0v) is 18.3. The molecule has 0 amide bonds. The predicted octanol–water partition coefficient (Wildman–Crippen LogP) is 1.28. The van der Waals surface area contributed by atoms with Crippen LogP contribution in [-0.2, 0) is 36.1 Å². The standard InChI is InChI=1S/C19H22N4O5S2/c1-27-13-7-12(8-14(9-13)28-2)3-5-22-11-21-18-17(19(22)24)15-4-6-23(30(20,25)26)10-16(15)29-18/h7-9,11H,3-6,10H2,1-2H3,(H2,20,25,26). The van der Waals surface area contributed by atoms with Gasteiger partial charge >= 0.3 is 0 Å². The lowest BCUT2D eigenvalue weighted by Gasteiger charge is -2.23. The van der Waals surface area contributed by atoms with Gasteiger partial charge in [-0.2, -0.15) is 12.7 Å². The van der Waals surface area contributed by atoms with E-state index in [-0.39, 0.29) is 18.6 Å². The van der Waals surface area contributed by atoms with E-state index in [1.165, 1.54) is 15.6 Å². The summed E-state index contributed by atoms with van der Waals surface area (Å²) < 4.78 is 36.7. The highest BCUT2D eigenvalue weighted by Crippen LogP contribution is 2.32. The highest BCUT2D eigenvalue weighted by atomic mass is 32.2. The summed E-state index contributed by atoms with van der Waals surface area (Å²) in [6.45, 7) is 0.889. The quantitative estimate of drug-likeness (QED) is 0.605. The molecule has 1 aromatic carbocycles. The van der Waals surface area contributed by atoms with Gasteiger partial charge in [0.15, 0.2) is 0 Å². The van der Waals surface area contributed by atoms with Gasteiger partial charge in [0, 0.05) is 30.6 Å². The lowest BCUT2D eigenvalue weighted by molar-refractivity contribution is 0.393. The van der Waals surface area contributed by atoms with Crippen LogP contribution in [0.15, 0.2) is 29.3 Å². The van der Waals surface area contributed by atoms with E-state index in [9.17, 15) is 13.2 Å². The molecule has 0 unspecified atom stereocenters. The SMILES string of the molecule is COc1cc(CCn2cnc3sc4c(c3c2=O)CCN(S(N)(=O)=O)C4)cc(OC)c1. The van der Waals surface area contributed by atoms with Crippen molar-refractivity contribution in [3.8, 4) is 11.5 Å². The lowest BCUT2D eigenvalue weighted by atomic mass is 10.1. The van der Waals surface area contributed by atoms with Gasteiger partial charge in [-0.05, 0) is 36.1 Å². The van der Waals surface area contributed by atoms with Crippen molar-refractivity contribution in [3.63, 3.8) is 0 Å². The smallest absolute Gasteiger partial charge is 0.277 e. The Morgan fingerprint density at radius 2 is 1.90 bits per heavy atom. The largest absolute Gasteiger partial charge is 0.497 e. The van der Waals surface area contributed by atoms with E-state index in [1.54, 1.807) is 31.2 Å². The number of aryl methyl sites for hydroxylation is 2. The third-order valence-electron chi connectivity index (χ3n) is 5.20. The summed E-state index contributed by atoms with van der Waals surface area (Å²) in [4.78, 5) is 19.0. The molecule has 0 aliphatic carbocycles. The first kappa shape index (κ1) is 20.8. The molecule has 2 aromatic heterocycles. The van der Waals surface area contributed by atoms with E-state index in [4.69, 9.17) is 14.6 Å². The molecule has 11 heteroatoms. The zero-order chi connectivity index (χ0) is 21.5. The molecule has 1 aliphatic heterocycles. The van der Waals surface area contributed by atoms with E-state index >= 15 is 0 Å². The van der Waals surface area contributed by atoms with Crippen LogP contribution in [0.1, 0.15) is 16.0 Å². The number of hydrogen-bond donors (Lipinski definition) is 1. The summed E-state index contributed by atoms with van der Waals surface area (Å²) in [5.74, 6) is 1.38. The molecule has 0 saturated carbocycles. The van der Waals surface area contributed by atoms with Crippen molar-refractivity contribution in [1.29, 1.82) is 0 Å². The Balaban J connectivity index is 1.63. The molecule has 9 nitrogen and oxygen atoms in total. The maximum Gasteiger partial charge on any atom is 0.277 e. The van der Waals surface area contributed by atoms with Crippen molar-refractivity contribution in [2.45, 2.75) is 25.9 Å². The lowest BCUT2D eigenvalue weighted by Crippen LogP contribution is -2.39. The van der Waals surface area contributed by atoms with Crippen molar-refractivity contribution in [2.75, 3.05) is 20.8 Å². The van der Waals surface area contributed by atoms with Crippen molar-refractivity contribution < 1.29 is 17.9 Å². The number of rotatable bonds is 6. The summed E-state index contributed by atoms with van der Waals surface area (Å²) in [6, 6.07) is 5.62. The number of nitrogens with zero attached hydrogens (tertiary/aromatic N) is 3. The third-order valence-corrected chi connectivity index (χ3v) is 7.36. The fourth-order valence-electron chi connectivity index (χ4n) is 3.63. The maximum absolute atomic E-state index is 13.1. The topological polar surface area (TPSA) is 117 Å². The van der Waals surface area contributed by atoms with Crippen LogP contribution in [-0.4, -0.2) is 43.0 Å². The minimum atomic E-state index is -3.76. The van der Waals surface area contributed by atoms with Crippen molar-refractivity contribution in [1.82, 2.24) is 13.9 Å². The van der Waals surface area contributed by atoms with Gasteiger partial charge < -0.3 is 9.47 Å². The van der Waals surface area contributed by atoms with Crippen molar-refractivity contribution in [2.24, 2.45) is 5.14 Å². The van der Waals surface area contributed by atoms with Gasteiger partial charge in [-0.3, -0.25) is 9.36 Å². The third kappa shape index (κ3) is 3.93. The summed E-state index contributed by atoms with van der Waals surface area (Å²) in [6.07, 6.45) is 2.59. The molecule has 0 atom stereocenters. The van der Waals surface area contributed by atoms with Crippen LogP contribution in [0, 0.1) is 0 Å². The molecule has 0 bridgehead atoms. The summed E-state index contributed by atoms with van der Waals surface area (Å²) >= 11 is 1.35. The number of aromatic nitrogens is 2. The average molecular weight is 451 g/mol. The summed E-state index contributed by atoms with van der Waals surface area (Å²) in [5, 5.41) is 5.83. The molecule has 4 rings (SSSR count). The number of ether oxygens (including phenoxy) is 2. The van der Waals surface area contributed by atoms with Crippen LogP contribution in [0.3, 0.4) is 0 Å². The molecule has 3 aromatic rings. The monoisotopic (exact) mass is 450 g/mol. The minimum absolute atomic E-state index is 0.114. The molecular formula is C19H22N4O5S2. The van der Waals surface area contributed by atoms with E-state index in [1.807, 2.05) is 12.1 Å². The Labute approximate surface area is 177 Å². The predicted molar refractivity (Wildman–Crippen MR) is 114 cm³/mol. The fourth-order valence-corrected chi connectivity index (χ4v) is 5.56. The number of methoxy groups -OCH3 is 2. The van der Waals surface area contributed by atoms with E-state index in [0.29, 0.717) is 41.1 Å². The second-order valence-corrected chi connectivity index (χ2v) is 9.66. The van der Waals surface area contributed by atoms with Crippen molar-refractivity contribution >= 4 is 31.8 Å². The molecule has 30 heavy (non-hydrogen) atoms. The average Bonchev–Trinajstić information content (AvgIpc) is 3.10. The number of fused-ring (bicyclic) bond motifs is 3. The normalized spacial score (nSPS) is 14.6. The molecule has 2 N–H and O–H groups in total. The van der Waals surface area contributed by atoms with Crippen LogP contribution < -0.4 is 20.2 Å². The number of benzene rings is 1. The Bertz CT molecular complexity index is 1240. The first-order valence-electron chi connectivity index (χ1n) is 9.29. The van der Waals surface area contributed by atoms with Gasteiger partial charge in [0.2, 0.25) is 0 Å². The Kier molecular flexibility index (Phi) is 5.53. The maximum atomic E-state index is 13.1. The molecule has 0 radical (unpaired) electrons.